The summed E-state index contributed by atoms with van der Waals surface area (Å²) in [7, 11) is 1.65. The highest BCUT2D eigenvalue weighted by Gasteiger charge is 2.24. The molecule has 0 bridgehead atoms. The first-order valence-electron chi connectivity index (χ1n) is 7.41. The van der Waals surface area contributed by atoms with E-state index in [-0.39, 0.29) is 6.04 Å². The molecule has 1 N–H and O–H groups in total. The smallest absolute Gasteiger partial charge is 0.248 e. The zero-order valence-electron chi connectivity index (χ0n) is 12.8. The molecule has 24 heavy (non-hydrogen) atoms. The molecule has 0 fully saturated rings. The van der Waals surface area contributed by atoms with E-state index in [1.54, 1.807) is 11.8 Å². The molecular weight excluding hydrogens is 326 g/mol. The van der Waals surface area contributed by atoms with Gasteiger partial charge in [-0.2, -0.15) is 4.68 Å². The van der Waals surface area contributed by atoms with Crippen LogP contribution in [0.1, 0.15) is 17.2 Å². The monoisotopic (exact) mass is 339 g/mol. The minimum atomic E-state index is -0.128. The van der Waals surface area contributed by atoms with E-state index >= 15 is 0 Å². The number of tetrazole rings is 1. The number of rotatable bonds is 3. The Morgan fingerprint density at radius 2 is 2.00 bits per heavy atom. The number of hydrogen-bond donors (Lipinski definition) is 1. The Labute approximate surface area is 143 Å². The molecule has 2 heterocycles. The molecular formula is C17H14ClN5O. The van der Waals surface area contributed by atoms with Crippen LogP contribution >= 0.6 is 11.6 Å². The minimum absolute atomic E-state index is 0.128. The van der Waals surface area contributed by atoms with Crippen molar-refractivity contribution in [2.75, 3.05) is 12.4 Å². The number of allylic oxidation sites excluding steroid dienone is 1. The van der Waals surface area contributed by atoms with Crippen molar-refractivity contribution in [3.05, 3.63) is 70.8 Å². The van der Waals surface area contributed by atoms with Gasteiger partial charge in [0.25, 0.3) is 0 Å². The molecule has 0 amide bonds. The van der Waals surface area contributed by atoms with Crippen LogP contribution in [0.25, 0.3) is 5.70 Å². The van der Waals surface area contributed by atoms with Crippen LogP contribution in [-0.2, 0) is 0 Å². The summed E-state index contributed by atoms with van der Waals surface area (Å²) in [5.41, 5.74) is 2.99. The molecule has 1 aliphatic heterocycles. The van der Waals surface area contributed by atoms with Crippen LogP contribution in [0.2, 0.25) is 5.02 Å². The van der Waals surface area contributed by atoms with Crippen LogP contribution in [0.3, 0.4) is 0 Å². The Bertz CT molecular complexity index is 903. The highest BCUT2D eigenvalue weighted by Crippen LogP contribution is 2.32. The van der Waals surface area contributed by atoms with Gasteiger partial charge in [-0.1, -0.05) is 41.0 Å². The number of benzene rings is 2. The van der Waals surface area contributed by atoms with Gasteiger partial charge < -0.3 is 10.1 Å². The van der Waals surface area contributed by atoms with Gasteiger partial charge in [-0.3, -0.25) is 0 Å². The first-order valence-corrected chi connectivity index (χ1v) is 7.79. The second-order valence-corrected chi connectivity index (χ2v) is 5.82. The molecule has 0 aliphatic carbocycles. The van der Waals surface area contributed by atoms with Gasteiger partial charge in [0.2, 0.25) is 5.95 Å². The third kappa shape index (κ3) is 2.61. The van der Waals surface area contributed by atoms with Crippen molar-refractivity contribution in [1.82, 2.24) is 20.2 Å². The fraction of sp³-hybridized carbons (Fsp3) is 0.118. The van der Waals surface area contributed by atoms with Gasteiger partial charge in [0.15, 0.2) is 0 Å². The summed E-state index contributed by atoms with van der Waals surface area (Å²) in [5, 5.41) is 15.9. The van der Waals surface area contributed by atoms with E-state index in [2.05, 4.69) is 26.9 Å². The molecule has 1 atom stereocenters. The molecule has 6 nitrogen and oxygen atoms in total. The quantitative estimate of drug-likeness (QED) is 0.792. The van der Waals surface area contributed by atoms with Crippen molar-refractivity contribution in [2.45, 2.75) is 6.04 Å². The lowest BCUT2D eigenvalue weighted by Crippen LogP contribution is -2.20. The van der Waals surface area contributed by atoms with E-state index in [4.69, 9.17) is 16.3 Å². The van der Waals surface area contributed by atoms with Gasteiger partial charge in [0, 0.05) is 10.7 Å². The Hall–Kier alpha value is -2.86. The summed E-state index contributed by atoms with van der Waals surface area (Å²) in [6, 6.07) is 15.4. The average Bonchev–Trinajstić information content (AvgIpc) is 3.10. The molecule has 1 unspecified atom stereocenters. The number of methoxy groups -OCH3 is 1. The second-order valence-electron chi connectivity index (χ2n) is 5.38. The van der Waals surface area contributed by atoms with Gasteiger partial charge in [0.1, 0.15) is 11.8 Å². The summed E-state index contributed by atoms with van der Waals surface area (Å²) in [6.07, 6.45) is 2.08. The van der Waals surface area contributed by atoms with Crippen molar-refractivity contribution in [1.29, 1.82) is 0 Å². The maximum absolute atomic E-state index is 5.98. The third-order valence-corrected chi connectivity index (χ3v) is 4.17. The second kappa shape index (κ2) is 5.98. The van der Waals surface area contributed by atoms with Gasteiger partial charge in [-0.15, -0.1) is 0 Å². The minimum Gasteiger partial charge on any atom is -0.497 e. The van der Waals surface area contributed by atoms with E-state index in [0.29, 0.717) is 11.0 Å². The van der Waals surface area contributed by atoms with Crippen molar-refractivity contribution in [2.24, 2.45) is 0 Å². The van der Waals surface area contributed by atoms with Crippen molar-refractivity contribution in [3.8, 4) is 5.75 Å². The van der Waals surface area contributed by atoms with E-state index < -0.39 is 0 Å². The number of halogens is 1. The zero-order chi connectivity index (χ0) is 16.5. The highest BCUT2D eigenvalue weighted by molar-refractivity contribution is 6.30. The fourth-order valence-electron chi connectivity index (χ4n) is 2.71. The molecule has 0 saturated heterocycles. The lowest BCUT2D eigenvalue weighted by Gasteiger charge is -2.23. The Morgan fingerprint density at radius 3 is 2.79 bits per heavy atom. The standard InChI is InChI=1S/C17H14ClN5O/c1-24-14-4-2-3-12(9-14)16-10-15(11-5-7-13(18)8-6-11)19-17-20-21-22-23(16)17/h2-10,16H,1H3,(H,19,20,22). The van der Waals surface area contributed by atoms with Crippen molar-refractivity contribution < 1.29 is 4.74 Å². The van der Waals surface area contributed by atoms with Crippen LogP contribution < -0.4 is 10.1 Å². The van der Waals surface area contributed by atoms with Gasteiger partial charge >= 0.3 is 0 Å². The lowest BCUT2D eigenvalue weighted by atomic mass is 10.0. The zero-order valence-corrected chi connectivity index (χ0v) is 13.6. The summed E-state index contributed by atoms with van der Waals surface area (Å²) >= 11 is 5.98. The van der Waals surface area contributed by atoms with Crippen LogP contribution in [0.5, 0.6) is 5.75 Å². The van der Waals surface area contributed by atoms with Crippen molar-refractivity contribution >= 4 is 23.2 Å². The van der Waals surface area contributed by atoms with Gasteiger partial charge in [-0.05, 0) is 51.9 Å². The number of nitrogens with zero attached hydrogens (tertiary/aromatic N) is 4. The van der Waals surface area contributed by atoms with Gasteiger partial charge in [0.05, 0.1) is 7.11 Å². The summed E-state index contributed by atoms with van der Waals surface area (Å²) < 4.78 is 7.07. The first kappa shape index (κ1) is 14.7. The maximum atomic E-state index is 5.98. The van der Waals surface area contributed by atoms with E-state index in [1.807, 2.05) is 48.5 Å². The van der Waals surface area contributed by atoms with Crippen LogP contribution in [0, 0.1) is 0 Å². The maximum Gasteiger partial charge on any atom is 0.248 e. The Balaban J connectivity index is 1.80. The van der Waals surface area contributed by atoms with Gasteiger partial charge in [-0.25, -0.2) is 0 Å². The molecule has 0 radical (unpaired) electrons. The van der Waals surface area contributed by atoms with E-state index in [1.165, 1.54) is 0 Å². The lowest BCUT2D eigenvalue weighted by molar-refractivity contribution is 0.413. The normalized spacial score (nSPS) is 16.1. The highest BCUT2D eigenvalue weighted by atomic mass is 35.5. The molecule has 120 valence electrons. The average molecular weight is 340 g/mol. The van der Waals surface area contributed by atoms with Crippen LogP contribution in [-0.4, -0.2) is 27.3 Å². The number of fused-ring (bicyclic) bond motifs is 1. The molecule has 3 aromatic rings. The third-order valence-electron chi connectivity index (χ3n) is 3.92. The molecule has 0 spiro atoms. The Kier molecular flexibility index (Phi) is 3.66. The number of hydrogen-bond acceptors (Lipinski definition) is 5. The predicted octanol–water partition coefficient (Wildman–Crippen LogP) is 3.39. The predicted molar refractivity (Wildman–Crippen MR) is 92.0 cm³/mol. The fourth-order valence-corrected chi connectivity index (χ4v) is 2.84. The van der Waals surface area contributed by atoms with Crippen LogP contribution in [0.4, 0.5) is 5.95 Å². The summed E-state index contributed by atoms with van der Waals surface area (Å²) in [6.45, 7) is 0. The number of ether oxygens (including phenoxy) is 1. The first-order chi connectivity index (χ1) is 11.7. The van der Waals surface area contributed by atoms with E-state index in [9.17, 15) is 0 Å². The molecule has 1 aromatic heterocycles. The number of anilines is 1. The Morgan fingerprint density at radius 1 is 1.17 bits per heavy atom. The number of nitrogens with one attached hydrogen (secondary N) is 1. The summed E-state index contributed by atoms with van der Waals surface area (Å²) in [4.78, 5) is 0. The molecule has 4 rings (SSSR count). The van der Waals surface area contributed by atoms with E-state index in [0.717, 1.165) is 22.6 Å². The molecule has 2 aromatic carbocycles. The summed E-state index contributed by atoms with van der Waals surface area (Å²) in [5.74, 6) is 1.39. The molecule has 0 saturated carbocycles. The molecule has 7 heteroatoms. The topological polar surface area (TPSA) is 64.9 Å². The van der Waals surface area contributed by atoms with Crippen LogP contribution in [0.15, 0.2) is 54.6 Å². The van der Waals surface area contributed by atoms with Crippen molar-refractivity contribution in [3.63, 3.8) is 0 Å². The molecule has 1 aliphatic rings. The largest absolute Gasteiger partial charge is 0.497 e. The SMILES string of the molecule is COc1cccc(C2C=C(c3ccc(Cl)cc3)Nc3nnnn32)c1. The number of aromatic nitrogens is 4.